The Balaban J connectivity index is 2.63. The summed E-state index contributed by atoms with van der Waals surface area (Å²) in [6.45, 7) is 7.66. The third kappa shape index (κ3) is 3.71. The normalized spacial score (nSPS) is 20.3. The quantitative estimate of drug-likeness (QED) is 0.812. The number of hydrogen-bond donors (Lipinski definition) is 1. The van der Waals surface area contributed by atoms with E-state index in [4.69, 9.17) is 0 Å². The van der Waals surface area contributed by atoms with Crippen molar-refractivity contribution in [1.29, 1.82) is 0 Å². The molecule has 1 saturated heterocycles. The first kappa shape index (κ1) is 13.9. The predicted molar refractivity (Wildman–Crippen MR) is 66.9 cm³/mol. The molecule has 0 bridgehead atoms. The van der Waals surface area contributed by atoms with Crippen molar-refractivity contribution in [1.82, 2.24) is 9.62 Å². The van der Waals surface area contributed by atoms with Gasteiger partial charge in [-0.15, -0.1) is 0 Å². The Kier molecular flexibility index (Phi) is 4.37. The van der Waals surface area contributed by atoms with Gasteiger partial charge in [-0.2, -0.15) is 4.31 Å². The molecule has 1 rings (SSSR count). The van der Waals surface area contributed by atoms with E-state index in [9.17, 15) is 8.42 Å². The highest BCUT2D eigenvalue weighted by Gasteiger charge is 2.31. The maximum Gasteiger partial charge on any atom is 0.214 e. The zero-order chi connectivity index (χ0) is 12.4. The van der Waals surface area contributed by atoms with Crippen molar-refractivity contribution < 1.29 is 8.42 Å². The zero-order valence-corrected chi connectivity index (χ0v) is 11.6. The van der Waals surface area contributed by atoms with Gasteiger partial charge in [0.2, 0.25) is 10.0 Å². The molecule has 0 radical (unpaired) electrons. The lowest BCUT2D eigenvalue weighted by atomic mass is 10.0. The molecule has 0 amide bonds. The molecule has 0 atom stereocenters. The Bertz CT molecular complexity index is 313. The molecule has 4 nitrogen and oxygen atoms in total. The van der Waals surface area contributed by atoms with Crippen LogP contribution < -0.4 is 5.32 Å². The van der Waals surface area contributed by atoms with Gasteiger partial charge in [-0.3, -0.25) is 0 Å². The molecule has 0 aliphatic carbocycles. The molecule has 0 aromatic rings. The molecule has 1 aliphatic heterocycles. The Hall–Kier alpha value is -0.130. The first-order valence-corrected chi connectivity index (χ1v) is 7.52. The van der Waals surface area contributed by atoms with Crippen molar-refractivity contribution >= 4 is 10.0 Å². The first-order chi connectivity index (χ1) is 7.23. The maximum atomic E-state index is 12.2. The minimum atomic E-state index is -3.11. The summed E-state index contributed by atoms with van der Waals surface area (Å²) in [5.41, 5.74) is -0.328. The van der Waals surface area contributed by atoms with Crippen molar-refractivity contribution in [3.05, 3.63) is 0 Å². The second kappa shape index (κ2) is 5.02. The van der Waals surface area contributed by atoms with Crippen LogP contribution in [0.5, 0.6) is 0 Å². The average Bonchev–Trinajstić information content (AvgIpc) is 2.16. The Labute approximate surface area is 99.5 Å². The molecule has 1 heterocycles. The molecular weight excluding hydrogens is 224 g/mol. The Morgan fingerprint density at radius 2 is 1.75 bits per heavy atom. The van der Waals surface area contributed by atoms with Crippen LogP contribution in [0.15, 0.2) is 0 Å². The fourth-order valence-electron chi connectivity index (χ4n) is 1.88. The molecule has 0 spiro atoms. The van der Waals surface area contributed by atoms with E-state index in [1.54, 1.807) is 7.05 Å². The largest absolute Gasteiger partial charge is 0.317 e. The maximum absolute atomic E-state index is 12.2. The topological polar surface area (TPSA) is 49.4 Å². The third-order valence-corrected chi connectivity index (χ3v) is 5.54. The summed E-state index contributed by atoms with van der Waals surface area (Å²) in [5.74, 6) is 0.610. The van der Waals surface area contributed by atoms with Gasteiger partial charge in [-0.25, -0.2) is 8.42 Å². The molecule has 1 aliphatic rings. The van der Waals surface area contributed by atoms with Gasteiger partial charge in [0.25, 0.3) is 0 Å². The summed E-state index contributed by atoms with van der Waals surface area (Å²) in [6.07, 6.45) is 1.94. The molecule has 16 heavy (non-hydrogen) atoms. The van der Waals surface area contributed by atoms with Gasteiger partial charge in [0.1, 0.15) is 0 Å². The number of nitrogens with zero attached hydrogens (tertiary/aromatic N) is 1. The summed E-state index contributed by atoms with van der Waals surface area (Å²) in [7, 11) is -1.44. The standard InChI is InChI=1S/C11H24N2O2S/c1-11(2,3)13(4)16(14,15)9-10-5-7-12-8-6-10/h10,12H,5-9H2,1-4H3. The van der Waals surface area contributed by atoms with Gasteiger partial charge in [0.15, 0.2) is 0 Å². The molecule has 0 unspecified atom stereocenters. The second-order valence-corrected chi connectivity index (χ2v) is 7.66. The highest BCUT2D eigenvalue weighted by atomic mass is 32.2. The van der Waals surface area contributed by atoms with Crippen molar-refractivity contribution in [2.45, 2.75) is 39.2 Å². The van der Waals surface area contributed by atoms with Crippen molar-refractivity contribution in [2.24, 2.45) is 5.92 Å². The van der Waals surface area contributed by atoms with Crippen molar-refractivity contribution in [3.8, 4) is 0 Å². The van der Waals surface area contributed by atoms with Gasteiger partial charge in [-0.1, -0.05) is 0 Å². The molecule has 96 valence electrons. The van der Waals surface area contributed by atoms with Crippen LogP contribution in [-0.2, 0) is 10.0 Å². The van der Waals surface area contributed by atoms with Gasteiger partial charge in [0, 0.05) is 12.6 Å². The van der Waals surface area contributed by atoms with Gasteiger partial charge in [0.05, 0.1) is 5.75 Å². The van der Waals surface area contributed by atoms with Crippen LogP contribution in [0.2, 0.25) is 0 Å². The van der Waals surface area contributed by atoms with E-state index in [-0.39, 0.29) is 5.54 Å². The minimum Gasteiger partial charge on any atom is -0.317 e. The first-order valence-electron chi connectivity index (χ1n) is 5.91. The Morgan fingerprint density at radius 1 is 1.25 bits per heavy atom. The molecule has 0 aromatic carbocycles. The predicted octanol–water partition coefficient (Wildman–Crippen LogP) is 1.05. The van der Waals surface area contributed by atoms with E-state index < -0.39 is 10.0 Å². The van der Waals surface area contributed by atoms with Crippen LogP contribution in [0.3, 0.4) is 0 Å². The molecular formula is C11H24N2O2S. The number of piperidine rings is 1. The monoisotopic (exact) mass is 248 g/mol. The third-order valence-electron chi connectivity index (χ3n) is 3.27. The van der Waals surface area contributed by atoms with E-state index in [0.717, 1.165) is 25.9 Å². The highest BCUT2D eigenvalue weighted by molar-refractivity contribution is 7.89. The van der Waals surface area contributed by atoms with E-state index in [1.807, 2.05) is 20.8 Å². The average molecular weight is 248 g/mol. The smallest absolute Gasteiger partial charge is 0.214 e. The SMILES string of the molecule is CN(C(C)(C)C)S(=O)(=O)CC1CCNCC1. The van der Waals surface area contributed by atoms with Crippen LogP contribution >= 0.6 is 0 Å². The molecule has 0 aromatic heterocycles. The van der Waals surface area contributed by atoms with E-state index in [2.05, 4.69) is 5.32 Å². The summed E-state index contributed by atoms with van der Waals surface area (Å²) in [5, 5.41) is 3.25. The number of sulfonamides is 1. The van der Waals surface area contributed by atoms with Crippen molar-refractivity contribution in [3.63, 3.8) is 0 Å². The summed E-state index contributed by atoms with van der Waals surface area (Å²) in [6, 6.07) is 0. The van der Waals surface area contributed by atoms with E-state index in [1.165, 1.54) is 4.31 Å². The summed E-state index contributed by atoms with van der Waals surface area (Å²) >= 11 is 0. The van der Waals surface area contributed by atoms with E-state index in [0.29, 0.717) is 11.7 Å². The number of hydrogen-bond acceptors (Lipinski definition) is 3. The lowest BCUT2D eigenvalue weighted by Crippen LogP contribution is -2.45. The van der Waals surface area contributed by atoms with Crippen LogP contribution in [-0.4, -0.2) is 44.2 Å². The summed E-state index contributed by atoms with van der Waals surface area (Å²) < 4.78 is 25.8. The van der Waals surface area contributed by atoms with Crippen LogP contribution in [0.4, 0.5) is 0 Å². The Morgan fingerprint density at radius 3 is 2.19 bits per heavy atom. The molecule has 0 saturated carbocycles. The molecule has 1 N–H and O–H groups in total. The fraction of sp³-hybridized carbons (Fsp3) is 1.00. The van der Waals surface area contributed by atoms with Crippen molar-refractivity contribution in [2.75, 3.05) is 25.9 Å². The second-order valence-electron chi connectivity index (χ2n) is 5.61. The lowest BCUT2D eigenvalue weighted by molar-refractivity contribution is 0.286. The minimum absolute atomic E-state index is 0.294. The molecule has 5 heteroatoms. The molecule has 1 fully saturated rings. The van der Waals surface area contributed by atoms with Crippen LogP contribution in [0.1, 0.15) is 33.6 Å². The van der Waals surface area contributed by atoms with Gasteiger partial charge >= 0.3 is 0 Å². The van der Waals surface area contributed by atoms with E-state index >= 15 is 0 Å². The summed E-state index contributed by atoms with van der Waals surface area (Å²) in [4.78, 5) is 0. The van der Waals surface area contributed by atoms with Crippen LogP contribution in [0, 0.1) is 5.92 Å². The van der Waals surface area contributed by atoms with Gasteiger partial charge in [-0.05, 0) is 52.6 Å². The lowest BCUT2D eigenvalue weighted by Gasteiger charge is -2.33. The number of rotatable bonds is 3. The fourth-order valence-corrected chi connectivity index (χ4v) is 3.86. The zero-order valence-electron chi connectivity index (χ0n) is 10.8. The van der Waals surface area contributed by atoms with Gasteiger partial charge < -0.3 is 5.32 Å². The van der Waals surface area contributed by atoms with Crippen LogP contribution in [0.25, 0.3) is 0 Å². The highest BCUT2D eigenvalue weighted by Crippen LogP contribution is 2.21. The number of nitrogens with one attached hydrogen (secondary N) is 1.